The zero-order chi connectivity index (χ0) is 24.6. The van der Waals surface area contributed by atoms with E-state index in [0.29, 0.717) is 5.56 Å². The number of hydrogen-bond acceptors (Lipinski definition) is 5. The summed E-state index contributed by atoms with van der Waals surface area (Å²) in [7, 11) is -3.98. The van der Waals surface area contributed by atoms with Crippen LogP contribution in [0, 0.1) is 18.3 Å². The highest BCUT2D eigenvalue weighted by molar-refractivity contribution is 7.89. The number of piperidine rings is 1. The lowest BCUT2D eigenvalue weighted by atomic mass is 9.69. The number of sulfonamides is 1. The quantitative estimate of drug-likeness (QED) is 0.643. The minimum atomic E-state index is -3.98. The third-order valence-electron chi connectivity index (χ3n) is 6.69. The van der Waals surface area contributed by atoms with Crippen LogP contribution in [0.3, 0.4) is 0 Å². The number of nitrogens with zero attached hydrogens (tertiary/aromatic N) is 1. The first-order valence-corrected chi connectivity index (χ1v) is 12.6. The highest BCUT2D eigenvalue weighted by Crippen LogP contribution is 2.43. The third kappa shape index (κ3) is 5.10. The molecule has 0 bridgehead atoms. The molecule has 0 amide bonds. The van der Waals surface area contributed by atoms with Crippen molar-refractivity contribution < 1.29 is 23.1 Å². The van der Waals surface area contributed by atoms with Gasteiger partial charge < -0.3 is 5.11 Å². The molecule has 2 aromatic rings. The van der Waals surface area contributed by atoms with Crippen LogP contribution in [0.5, 0.6) is 0 Å². The Morgan fingerprint density at radius 1 is 1.06 bits per heavy atom. The van der Waals surface area contributed by atoms with E-state index in [0.717, 1.165) is 5.56 Å². The SMILES string of the molecule is CC(=O)[C@@]1(O)CN(S(=O)(=O)c2ccc(C)cc2)[C@@H](C(C)(C)C)C[C@@H]1CC(=O)c1ccccc1. The predicted molar refractivity (Wildman–Crippen MR) is 127 cm³/mol. The van der Waals surface area contributed by atoms with Crippen molar-refractivity contribution in [2.24, 2.45) is 11.3 Å². The number of ketones is 2. The molecule has 1 aliphatic heterocycles. The summed E-state index contributed by atoms with van der Waals surface area (Å²) in [5.74, 6) is -1.41. The minimum absolute atomic E-state index is 0.0366. The molecule has 0 aromatic heterocycles. The van der Waals surface area contributed by atoms with Crippen LogP contribution in [0.1, 0.15) is 56.5 Å². The largest absolute Gasteiger partial charge is 0.380 e. The molecule has 7 heteroatoms. The van der Waals surface area contributed by atoms with Gasteiger partial charge in [0.15, 0.2) is 11.6 Å². The van der Waals surface area contributed by atoms with Crippen molar-refractivity contribution in [2.75, 3.05) is 6.54 Å². The van der Waals surface area contributed by atoms with Crippen molar-refractivity contribution in [3.8, 4) is 0 Å². The van der Waals surface area contributed by atoms with E-state index < -0.39 is 38.8 Å². The summed E-state index contributed by atoms with van der Waals surface area (Å²) in [5.41, 5.74) is -1.00. The van der Waals surface area contributed by atoms with E-state index >= 15 is 0 Å². The first-order chi connectivity index (χ1) is 15.3. The zero-order valence-electron chi connectivity index (χ0n) is 19.9. The van der Waals surface area contributed by atoms with Gasteiger partial charge in [0.25, 0.3) is 0 Å². The molecule has 0 aliphatic carbocycles. The number of aryl methyl sites for hydroxylation is 1. The highest BCUT2D eigenvalue weighted by Gasteiger charge is 2.54. The van der Waals surface area contributed by atoms with Gasteiger partial charge in [-0.1, -0.05) is 68.8 Å². The van der Waals surface area contributed by atoms with E-state index in [1.807, 2.05) is 33.8 Å². The molecule has 1 fully saturated rings. The summed E-state index contributed by atoms with van der Waals surface area (Å²) in [6, 6.07) is 14.8. The number of Topliss-reactive ketones (excluding diaryl/α,β-unsaturated/α-hetero) is 2. The number of β-amino-alcohol motifs (C(OH)–C–C–N with tert-alkyl or cyclic N) is 1. The molecule has 3 rings (SSSR count). The van der Waals surface area contributed by atoms with E-state index in [-0.39, 0.29) is 30.1 Å². The highest BCUT2D eigenvalue weighted by atomic mass is 32.2. The Bertz CT molecular complexity index is 1120. The van der Waals surface area contributed by atoms with Gasteiger partial charge in [0.2, 0.25) is 10.0 Å². The molecular weight excluding hydrogens is 438 g/mol. The number of carbonyl (C=O) groups is 2. The molecule has 2 aromatic carbocycles. The van der Waals surface area contributed by atoms with Gasteiger partial charge in [-0.15, -0.1) is 0 Å². The molecule has 1 aliphatic rings. The first-order valence-electron chi connectivity index (χ1n) is 11.2. The number of carbonyl (C=O) groups excluding carboxylic acids is 2. The Kier molecular flexibility index (Phi) is 6.99. The lowest BCUT2D eigenvalue weighted by Crippen LogP contribution is -2.64. The van der Waals surface area contributed by atoms with Crippen LogP contribution in [0.15, 0.2) is 59.5 Å². The van der Waals surface area contributed by atoms with Crippen LogP contribution in [0.4, 0.5) is 0 Å². The summed E-state index contributed by atoms with van der Waals surface area (Å²) < 4.78 is 28.6. The van der Waals surface area contributed by atoms with Crippen molar-refractivity contribution in [1.29, 1.82) is 0 Å². The molecular formula is C26H33NO5S. The molecule has 1 saturated heterocycles. The van der Waals surface area contributed by atoms with Crippen LogP contribution >= 0.6 is 0 Å². The van der Waals surface area contributed by atoms with E-state index in [1.165, 1.54) is 11.2 Å². The predicted octanol–water partition coefficient (Wildman–Crippen LogP) is 4.01. The third-order valence-corrected chi connectivity index (χ3v) is 8.56. The van der Waals surface area contributed by atoms with Gasteiger partial charge in [0.1, 0.15) is 5.60 Å². The van der Waals surface area contributed by atoms with Gasteiger partial charge >= 0.3 is 0 Å². The second-order valence-corrected chi connectivity index (χ2v) is 12.0. The van der Waals surface area contributed by atoms with Gasteiger partial charge in [0, 0.05) is 23.9 Å². The van der Waals surface area contributed by atoms with E-state index in [1.54, 1.807) is 48.5 Å². The number of rotatable bonds is 6. The van der Waals surface area contributed by atoms with Crippen molar-refractivity contribution >= 4 is 21.6 Å². The standard InChI is InChI=1S/C26H33NO5S/c1-18-11-13-22(14-12-18)33(31,32)27-17-26(30,19(2)28)21(16-24(27)25(3,4)5)15-23(29)20-9-7-6-8-10-20/h6-14,21,24,30H,15-17H2,1-5H3/t21-,24+,26-/m0/s1. The van der Waals surface area contributed by atoms with Crippen molar-refractivity contribution in [1.82, 2.24) is 4.31 Å². The van der Waals surface area contributed by atoms with E-state index in [4.69, 9.17) is 0 Å². The van der Waals surface area contributed by atoms with Crippen LogP contribution in [0.2, 0.25) is 0 Å². The second kappa shape index (κ2) is 9.12. The maximum absolute atomic E-state index is 13.7. The van der Waals surface area contributed by atoms with E-state index in [2.05, 4.69) is 0 Å². The molecule has 1 N–H and O–H groups in total. The van der Waals surface area contributed by atoms with Gasteiger partial charge in [-0.05, 0) is 37.8 Å². The maximum atomic E-state index is 13.7. The molecule has 33 heavy (non-hydrogen) atoms. The molecule has 0 unspecified atom stereocenters. The zero-order valence-corrected chi connectivity index (χ0v) is 20.7. The van der Waals surface area contributed by atoms with Crippen LogP contribution in [0.25, 0.3) is 0 Å². The van der Waals surface area contributed by atoms with Crippen LogP contribution < -0.4 is 0 Å². The van der Waals surface area contributed by atoms with Crippen molar-refractivity contribution in [2.45, 2.75) is 64.0 Å². The Balaban J connectivity index is 2.03. The number of benzene rings is 2. The summed E-state index contributed by atoms with van der Waals surface area (Å²) in [6.45, 7) is 8.55. The topological polar surface area (TPSA) is 91.8 Å². The van der Waals surface area contributed by atoms with Crippen molar-refractivity contribution in [3.05, 3.63) is 65.7 Å². The number of hydrogen-bond donors (Lipinski definition) is 1. The van der Waals surface area contributed by atoms with Gasteiger partial charge in [-0.2, -0.15) is 4.31 Å². The normalized spacial score (nSPS) is 24.4. The Morgan fingerprint density at radius 2 is 1.64 bits per heavy atom. The van der Waals surface area contributed by atoms with Gasteiger partial charge in [0.05, 0.1) is 11.4 Å². The van der Waals surface area contributed by atoms with E-state index in [9.17, 15) is 23.1 Å². The molecule has 0 saturated carbocycles. The average molecular weight is 472 g/mol. The first kappa shape index (κ1) is 25.3. The summed E-state index contributed by atoms with van der Waals surface area (Å²) in [4.78, 5) is 25.8. The Hall–Kier alpha value is -2.35. The summed E-state index contributed by atoms with van der Waals surface area (Å²) in [5, 5.41) is 11.5. The Labute approximate surface area is 196 Å². The summed E-state index contributed by atoms with van der Waals surface area (Å²) in [6.07, 6.45) is 0.161. The average Bonchev–Trinajstić information content (AvgIpc) is 2.74. The Morgan fingerprint density at radius 3 is 2.15 bits per heavy atom. The second-order valence-electron chi connectivity index (χ2n) is 10.2. The molecule has 3 atom stereocenters. The van der Waals surface area contributed by atoms with Gasteiger partial charge in [-0.25, -0.2) is 8.42 Å². The monoisotopic (exact) mass is 471 g/mol. The number of aliphatic hydroxyl groups is 1. The molecule has 0 spiro atoms. The fraction of sp³-hybridized carbons (Fsp3) is 0.462. The summed E-state index contributed by atoms with van der Waals surface area (Å²) >= 11 is 0. The minimum Gasteiger partial charge on any atom is -0.380 e. The van der Waals surface area contributed by atoms with Gasteiger partial charge in [-0.3, -0.25) is 9.59 Å². The molecule has 0 radical (unpaired) electrons. The fourth-order valence-corrected chi connectivity index (χ4v) is 6.41. The molecule has 6 nitrogen and oxygen atoms in total. The molecule has 1 heterocycles. The van der Waals surface area contributed by atoms with Crippen LogP contribution in [-0.4, -0.2) is 47.6 Å². The fourth-order valence-electron chi connectivity index (χ4n) is 4.56. The lowest BCUT2D eigenvalue weighted by molar-refractivity contribution is -0.150. The van der Waals surface area contributed by atoms with Crippen LogP contribution in [-0.2, 0) is 14.8 Å². The maximum Gasteiger partial charge on any atom is 0.243 e. The molecule has 178 valence electrons. The lowest BCUT2D eigenvalue weighted by Gasteiger charge is -2.51. The smallest absolute Gasteiger partial charge is 0.243 e. The van der Waals surface area contributed by atoms with Crippen molar-refractivity contribution in [3.63, 3.8) is 0 Å².